The molecule has 3 heterocycles. The highest BCUT2D eigenvalue weighted by atomic mass is 32.1. The third-order valence-corrected chi connectivity index (χ3v) is 6.19. The lowest BCUT2D eigenvalue weighted by atomic mass is 9.91. The van der Waals surface area contributed by atoms with Crippen molar-refractivity contribution in [1.82, 2.24) is 4.90 Å². The van der Waals surface area contributed by atoms with Crippen LogP contribution in [0.4, 0.5) is 5.69 Å². The molecule has 0 bridgehead atoms. The van der Waals surface area contributed by atoms with E-state index >= 15 is 0 Å². The van der Waals surface area contributed by atoms with Crippen LogP contribution in [-0.2, 0) is 9.59 Å². The van der Waals surface area contributed by atoms with Gasteiger partial charge in [-0.2, -0.15) is 0 Å². The molecular formula is C22H24N2O2S. The number of piperidine rings is 1. The van der Waals surface area contributed by atoms with Gasteiger partial charge in [0.2, 0.25) is 0 Å². The molecule has 0 saturated carbocycles. The van der Waals surface area contributed by atoms with Gasteiger partial charge in [-0.25, -0.2) is 4.90 Å². The zero-order valence-corrected chi connectivity index (χ0v) is 16.8. The van der Waals surface area contributed by atoms with E-state index in [0.717, 1.165) is 30.0 Å². The summed E-state index contributed by atoms with van der Waals surface area (Å²) in [7, 11) is 0. The molecule has 0 N–H and O–H groups in total. The molecule has 27 heavy (non-hydrogen) atoms. The van der Waals surface area contributed by atoms with E-state index in [4.69, 9.17) is 0 Å². The number of benzene rings is 1. The molecule has 2 aromatic rings. The van der Waals surface area contributed by atoms with E-state index in [1.54, 1.807) is 0 Å². The first kappa shape index (κ1) is 18.0. The predicted molar refractivity (Wildman–Crippen MR) is 109 cm³/mol. The molecule has 0 spiro atoms. The van der Waals surface area contributed by atoms with Crippen LogP contribution in [0.5, 0.6) is 0 Å². The van der Waals surface area contributed by atoms with Crippen LogP contribution < -0.4 is 4.90 Å². The second-order valence-corrected chi connectivity index (χ2v) is 8.78. The molecule has 4 rings (SSSR count). The number of likely N-dealkylation sites (tertiary alicyclic amines) is 1. The van der Waals surface area contributed by atoms with Crippen molar-refractivity contribution in [3.63, 3.8) is 0 Å². The van der Waals surface area contributed by atoms with Crippen LogP contribution in [0, 0.1) is 18.8 Å². The van der Waals surface area contributed by atoms with E-state index in [9.17, 15) is 9.59 Å². The maximum absolute atomic E-state index is 13.4. The average Bonchev–Trinajstić information content (AvgIpc) is 3.21. The van der Waals surface area contributed by atoms with Crippen molar-refractivity contribution in [2.24, 2.45) is 11.8 Å². The van der Waals surface area contributed by atoms with Crippen molar-refractivity contribution >= 4 is 34.4 Å². The molecule has 2 aliphatic rings. The van der Waals surface area contributed by atoms with Gasteiger partial charge in [0.1, 0.15) is 5.70 Å². The first-order chi connectivity index (χ1) is 13.0. The molecule has 2 unspecified atom stereocenters. The van der Waals surface area contributed by atoms with Crippen LogP contribution in [0.25, 0.3) is 5.57 Å². The zero-order valence-electron chi connectivity index (χ0n) is 15.9. The number of aryl methyl sites for hydroxylation is 1. The van der Waals surface area contributed by atoms with Gasteiger partial charge in [-0.15, -0.1) is 11.3 Å². The van der Waals surface area contributed by atoms with Gasteiger partial charge >= 0.3 is 0 Å². The van der Waals surface area contributed by atoms with Crippen LogP contribution in [-0.4, -0.2) is 29.8 Å². The fraction of sp³-hybridized carbons (Fsp3) is 0.364. The Kier molecular flexibility index (Phi) is 4.64. The van der Waals surface area contributed by atoms with Gasteiger partial charge in [0.05, 0.1) is 11.3 Å². The largest absolute Gasteiger partial charge is 0.366 e. The third kappa shape index (κ3) is 3.21. The summed E-state index contributed by atoms with van der Waals surface area (Å²) in [6.07, 6.45) is 1.15. The number of anilines is 1. The number of amides is 2. The third-order valence-electron chi connectivity index (χ3n) is 5.30. The van der Waals surface area contributed by atoms with Crippen molar-refractivity contribution < 1.29 is 9.59 Å². The topological polar surface area (TPSA) is 40.6 Å². The fourth-order valence-electron chi connectivity index (χ4n) is 4.23. The van der Waals surface area contributed by atoms with E-state index in [2.05, 4.69) is 18.7 Å². The highest BCUT2D eigenvalue weighted by Crippen LogP contribution is 2.38. The minimum Gasteiger partial charge on any atom is -0.366 e. The lowest BCUT2D eigenvalue weighted by molar-refractivity contribution is -0.120. The normalized spacial score (nSPS) is 23.5. The molecule has 0 aliphatic carbocycles. The summed E-state index contributed by atoms with van der Waals surface area (Å²) in [5, 5.41) is 1.95. The van der Waals surface area contributed by atoms with Gasteiger partial charge in [-0.1, -0.05) is 37.6 Å². The summed E-state index contributed by atoms with van der Waals surface area (Å²) in [6.45, 7) is 8.05. The molecule has 2 atom stereocenters. The van der Waals surface area contributed by atoms with Crippen molar-refractivity contribution in [3.8, 4) is 0 Å². The summed E-state index contributed by atoms with van der Waals surface area (Å²) in [6, 6.07) is 11.4. The van der Waals surface area contributed by atoms with Crippen molar-refractivity contribution in [3.05, 3.63) is 57.9 Å². The van der Waals surface area contributed by atoms with Gasteiger partial charge in [-0.05, 0) is 48.8 Å². The second kappa shape index (κ2) is 6.97. The Morgan fingerprint density at radius 3 is 2.22 bits per heavy atom. The summed E-state index contributed by atoms with van der Waals surface area (Å²) in [5.41, 5.74) is 2.86. The molecular weight excluding hydrogens is 356 g/mol. The summed E-state index contributed by atoms with van der Waals surface area (Å²) >= 11 is 1.51. The van der Waals surface area contributed by atoms with E-state index < -0.39 is 0 Å². The molecule has 4 nitrogen and oxygen atoms in total. The van der Waals surface area contributed by atoms with Crippen LogP contribution in [0.3, 0.4) is 0 Å². The Hall–Kier alpha value is -2.40. The number of rotatable bonds is 3. The lowest BCUT2D eigenvalue weighted by Crippen LogP contribution is -2.42. The van der Waals surface area contributed by atoms with Crippen LogP contribution in [0.2, 0.25) is 0 Å². The number of nitrogens with zero attached hydrogens (tertiary/aromatic N) is 2. The molecule has 2 amide bonds. The quantitative estimate of drug-likeness (QED) is 0.745. The minimum absolute atomic E-state index is 0.200. The van der Waals surface area contributed by atoms with Gasteiger partial charge < -0.3 is 4.90 Å². The first-order valence-corrected chi connectivity index (χ1v) is 10.3. The Morgan fingerprint density at radius 2 is 1.63 bits per heavy atom. The van der Waals surface area contributed by atoms with Crippen molar-refractivity contribution in [1.29, 1.82) is 0 Å². The van der Waals surface area contributed by atoms with E-state index in [1.165, 1.54) is 16.2 Å². The maximum atomic E-state index is 13.4. The number of thiophene rings is 1. The number of carbonyl (C=O) groups is 2. The standard InChI is InChI=1S/C22H24N2O2S/c1-14-6-8-17(9-7-14)24-21(25)19(18-5-4-10-27-18)20(22(24)26)23-12-15(2)11-16(3)13-23/h4-10,15-16H,11-13H2,1-3H3. The Labute approximate surface area is 164 Å². The minimum atomic E-state index is -0.216. The van der Waals surface area contributed by atoms with Gasteiger partial charge in [0, 0.05) is 18.0 Å². The average molecular weight is 381 g/mol. The molecule has 1 fully saturated rings. The van der Waals surface area contributed by atoms with E-state index in [-0.39, 0.29) is 11.8 Å². The first-order valence-electron chi connectivity index (χ1n) is 9.44. The molecule has 140 valence electrons. The van der Waals surface area contributed by atoms with Crippen LogP contribution >= 0.6 is 11.3 Å². The number of carbonyl (C=O) groups excluding carboxylic acids is 2. The van der Waals surface area contributed by atoms with Gasteiger partial charge in [0.25, 0.3) is 11.8 Å². The second-order valence-electron chi connectivity index (χ2n) is 7.83. The lowest BCUT2D eigenvalue weighted by Gasteiger charge is -2.37. The van der Waals surface area contributed by atoms with Gasteiger partial charge in [0.15, 0.2) is 0 Å². The Balaban J connectivity index is 1.80. The number of imide groups is 1. The van der Waals surface area contributed by atoms with Crippen molar-refractivity contribution in [2.75, 3.05) is 18.0 Å². The Bertz CT molecular complexity index is 889. The van der Waals surface area contributed by atoms with Crippen molar-refractivity contribution in [2.45, 2.75) is 27.2 Å². The zero-order chi connectivity index (χ0) is 19.1. The molecule has 1 aromatic carbocycles. The fourth-order valence-corrected chi connectivity index (χ4v) is 4.99. The predicted octanol–water partition coefficient (Wildman–Crippen LogP) is 4.32. The SMILES string of the molecule is Cc1ccc(N2C(=O)C(c3cccs3)=C(N3CC(C)CC(C)C3)C2=O)cc1. The highest BCUT2D eigenvalue weighted by Gasteiger charge is 2.43. The Morgan fingerprint density at radius 1 is 0.963 bits per heavy atom. The highest BCUT2D eigenvalue weighted by molar-refractivity contribution is 7.11. The number of hydrogen-bond donors (Lipinski definition) is 0. The molecule has 2 aliphatic heterocycles. The van der Waals surface area contributed by atoms with Gasteiger partial charge in [-0.3, -0.25) is 9.59 Å². The molecule has 1 saturated heterocycles. The van der Waals surface area contributed by atoms with Crippen LogP contribution in [0.1, 0.15) is 30.7 Å². The maximum Gasteiger partial charge on any atom is 0.282 e. The summed E-state index contributed by atoms with van der Waals surface area (Å²) < 4.78 is 0. The van der Waals surface area contributed by atoms with Crippen LogP contribution in [0.15, 0.2) is 47.5 Å². The van der Waals surface area contributed by atoms with E-state index in [0.29, 0.717) is 28.8 Å². The molecule has 5 heteroatoms. The van der Waals surface area contributed by atoms with E-state index in [1.807, 2.05) is 48.7 Å². The number of hydrogen-bond acceptors (Lipinski definition) is 4. The summed E-state index contributed by atoms with van der Waals surface area (Å²) in [4.78, 5) is 31.1. The molecule has 1 aromatic heterocycles. The monoisotopic (exact) mass is 380 g/mol. The molecule has 0 radical (unpaired) electrons. The smallest absolute Gasteiger partial charge is 0.282 e. The summed E-state index contributed by atoms with van der Waals surface area (Å²) in [5.74, 6) is 0.588.